The molecular weight excluding hydrogens is 284 g/mol. The summed E-state index contributed by atoms with van der Waals surface area (Å²) in [5.41, 5.74) is 0. The van der Waals surface area contributed by atoms with E-state index >= 15 is 0 Å². The molecule has 0 aromatic heterocycles. The van der Waals surface area contributed by atoms with Crippen molar-refractivity contribution in [3.05, 3.63) is 28.7 Å². The number of ether oxygens (including phenoxy) is 3. The fourth-order valence-electron chi connectivity index (χ4n) is 2.33. The molecule has 2 bridgehead atoms. The summed E-state index contributed by atoms with van der Waals surface area (Å²) in [5.74, 6) is 0.872. The second kappa shape index (κ2) is 4.96. The maximum atomic E-state index is 5.80. The summed E-state index contributed by atoms with van der Waals surface area (Å²) in [7, 11) is 0. The van der Waals surface area contributed by atoms with Crippen molar-refractivity contribution in [2.24, 2.45) is 0 Å². The average molecular weight is 299 g/mol. The Morgan fingerprint density at radius 3 is 2.88 bits per heavy atom. The molecule has 0 N–H and O–H groups in total. The zero-order chi connectivity index (χ0) is 11.7. The molecule has 2 heterocycles. The standard InChI is InChI=1S/C13H15BrO3/c14-9-1-3-10(4-2-9)15-8-13-12-6-5-11(17-12)7-16-13/h1-4,11-13H,5-8H2. The Labute approximate surface area is 109 Å². The first-order valence-electron chi connectivity index (χ1n) is 5.97. The third kappa shape index (κ3) is 2.64. The molecule has 1 aromatic rings. The fourth-order valence-corrected chi connectivity index (χ4v) is 2.60. The van der Waals surface area contributed by atoms with Crippen LogP contribution in [0.5, 0.6) is 5.75 Å². The number of fused-ring (bicyclic) bond motifs is 2. The second-order valence-electron chi connectivity index (χ2n) is 4.51. The Balaban J connectivity index is 1.55. The van der Waals surface area contributed by atoms with E-state index in [1.165, 1.54) is 0 Å². The smallest absolute Gasteiger partial charge is 0.119 e. The minimum Gasteiger partial charge on any atom is -0.491 e. The molecule has 3 rings (SSSR count). The van der Waals surface area contributed by atoms with E-state index in [2.05, 4.69) is 15.9 Å². The van der Waals surface area contributed by atoms with E-state index in [1.807, 2.05) is 24.3 Å². The number of hydrogen-bond donors (Lipinski definition) is 0. The summed E-state index contributed by atoms with van der Waals surface area (Å²) in [6.07, 6.45) is 2.85. The van der Waals surface area contributed by atoms with Gasteiger partial charge in [0.05, 0.1) is 18.8 Å². The van der Waals surface area contributed by atoms with E-state index in [1.54, 1.807) is 0 Å². The molecular formula is C13H15BrO3. The van der Waals surface area contributed by atoms with Crippen LogP contribution in [-0.4, -0.2) is 31.5 Å². The van der Waals surface area contributed by atoms with Crippen molar-refractivity contribution < 1.29 is 14.2 Å². The molecule has 2 aliphatic heterocycles. The molecule has 3 atom stereocenters. The van der Waals surface area contributed by atoms with Gasteiger partial charge in [-0.15, -0.1) is 0 Å². The summed E-state index contributed by atoms with van der Waals surface area (Å²) < 4.78 is 18.3. The largest absolute Gasteiger partial charge is 0.491 e. The minimum atomic E-state index is 0.0809. The number of halogens is 1. The van der Waals surface area contributed by atoms with Gasteiger partial charge in [-0.25, -0.2) is 0 Å². The molecule has 0 aliphatic carbocycles. The van der Waals surface area contributed by atoms with Crippen LogP contribution in [0.25, 0.3) is 0 Å². The highest BCUT2D eigenvalue weighted by Gasteiger charge is 2.37. The quantitative estimate of drug-likeness (QED) is 0.859. The molecule has 0 amide bonds. The molecule has 0 saturated carbocycles. The SMILES string of the molecule is Brc1ccc(OCC2OCC3CCC2O3)cc1. The van der Waals surface area contributed by atoms with Gasteiger partial charge in [-0.3, -0.25) is 0 Å². The lowest BCUT2D eigenvalue weighted by Crippen LogP contribution is -2.40. The van der Waals surface area contributed by atoms with E-state index in [0.29, 0.717) is 19.3 Å². The van der Waals surface area contributed by atoms with Crippen LogP contribution in [0.1, 0.15) is 12.8 Å². The Morgan fingerprint density at radius 1 is 1.24 bits per heavy atom. The molecule has 0 spiro atoms. The van der Waals surface area contributed by atoms with Crippen molar-refractivity contribution in [2.75, 3.05) is 13.2 Å². The van der Waals surface area contributed by atoms with E-state index in [-0.39, 0.29) is 12.2 Å². The number of rotatable bonds is 3. The Morgan fingerprint density at radius 2 is 2.06 bits per heavy atom. The Kier molecular flexibility index (Phi) is 3.36. The lowest BCUT2D eigenvalue weighted by Gasteiger charge is -2.29. The zero-order valence-corrected chi connectivity index (χ0v) is 11.1. The molecule has 3 unspecified atom stereocenters. The first kappa shape index (κ1) is 11.5. The third-order valence-electron chi connectivity index (χ3n) is 3.28. The van der Waals surface area contributed by atoms with Crippen LogP contribution in [0.2, 0.25) is 0 Å². The van der Waals surface area contributed by atoms with Gasteiger partial charge < -0.3 is 14.2 Å². The summed E-state index contributed by atoms with van der Waals surface area (Å²) in [5, 5.41) is 0. The van der Waals surface area contributed by atoms with Gasteiger partial charge in [-0.05, 0) is 37.1 Å². The molecule has 92 valence electrons. The van der Waals surface area contributed by atoms with Crippen molar-refractivity contribution in [1.29, 1.82) is 0 Å². The van der Waals surface area contributed by atoms with Gasteiger partial charge in [-0.2, -0.15) is 0 Å². The highest BCUT2D eigenvalue weighted by molar-refractivity contribution is 9.10. The van der Waals surface area contributed by atoms with Crippen LogP contribution in [0.3, 0.4) is 0 Å². The van der Waals surface area contributed by atoms with E-state index < -0.39 is 0 Å². The van der Waals surface area contributed by atoms with Crippen molar-refractivity contribution in [3.63, 3.8) is 0 Å². The molecule has 2 fully saturated rings. The summed E-state index contributed by atoms with van der Waals surface area (Å²) >= 11 is 3.40. The summed E-state index contributed by atoms with van der Waals surface area (Å²) in [6.45, 7) is 1.28. The topological polar surface area (TPSA) is 27.7 Å². The van der Waals surface area contributed by atoms with Crippen LogP contribution in [0.4, 0.5) is 0 Å². The molecule has 1 aromatic carbocycles. The van der Waals surface area contributed by atoms with Gasteiger partial charge in [0, 0.05) is 4.47 Å². The third-order valence-corrected chi connectivity index (χ3v) is 3.81. The zero-order valence-electron chi connectivity index (χ0n) is 9.47. The Bertz CT molecular complexity index is 379. The maximum Gasteiger partial charge on any atom is 0.119 e. The van der Waals surface area contributed by atoms with Crippen LogP contribution in [0.15, 0.2) is 28.7 Å². The van der Waals surface area contributed by atoms with Gasteiger partial charge >= 0.3 is 0 Å². The summed E-state index contributed by atoms with van der Waals surface area (Å²) in [6, 6.07) is 7.84. The Hall–Kier alpha value is -0.580. The van der Waals surface area contributed by atoms with Crippen LogP contribution < -0.4 is 4.74 Å². The molecule has 3 nitrogen and oxygen atoms in total. The second-order valence-corrected chi connectivity index (χ2v) is 5.43. The molecule has 4 heteroatoms. The maximum absolute atomic E-state index is 5.80. The average Bonchev–Trinajstić information content (AvgIpc) is 2.73. The van der Waals surface area contributed by atoms with Gasteiger partial charge in [0.25, 0.3) is 0 Å². The van der Waals surface area contributed by atoms with E-state index in [9.17, 15) is 0 Å². The lowest BCUT2D eigenvalue weighted by molar-refractivity contribution is -0.155. The van der Waals surface area contributed by atoms with Crippen LogP contribution in [-0.2, 0) is 9.47 Å². The molecule has 0 radical (unpaired) electrons. The van der Waals surface area contributed by atoms with Crippen molar-refractivity contribution in [3.8, 4) is 5.75 Å². The summed E-state index contributed by atoms with van der Waals surface area (Å²) in [4.78, 5) is 0. The molecule has 2 aliphatic rings. The highest BCUT2D eigenvalue weighted by atomic mass is 79.9. The highest BCUT2D eigenvalue weighted by Crippen LogP contribution is 2.29. The fraction of sp³-hybridized carbons (Fsp3) is 0.538. The van der Waals surface area contributed by atoms with Gasteiger partial charge in [-0.1, -0.05) is 15.9 Å². The lowest BCUT2D eigenvalue weighted by atomic mass is 10.1. The monoisotopic (exact) mass is 298 g/mol. The van der Waals surface area contributed by atoms with E-state index in [4.69, 9.17) is 14.2 Å². The molecule has 17 heavy (non-hydrogen) atoms. The minimum absolute atomic E-state index is 0.0809. The van der Waals surface area contributed by atoms with Gasteiger partial charge in [0.1, 0.15) is 18.5 Å². The number of benzene rings is 1. The normalized spacial score (nSPS) is 31.5. The van der Waals surface area contributed by atoms with Crippen LogP contribution >= 0.6 is 15.9 Å². The van der Waals surface area contributed by atoms with Crippen molar-refractivity contribution >= 4 is 15.9 Å². The van der Waals surface area contributed by atoms with Crippen LogP contribution in [0, 0.1) is 0 Å². The number of hydrogen-bond acceptors (Lipinski definition) is 3. The predicted octanol–water partition coefficient (Wildman–Crippen LogP) is 2.77. The van der Waals surface area contributed by atoms with Crippen molar-refractivity contribution in [2.45, 2.75) is 31.2 Å². The van der Waals surface area contributed by atoms with Gasteiger partial charge in [0.2, 0.25) is 0 Å². The predicted molar refractivity (Wildman–Crippen MR) is 67.3 cm³/mol. The van der Waals surface area contributed by atoms with Crippen molar-refractivity contribution in [1.82, 2.24) is 0 Å². The molecule has 2 saturated heterocycles. The first-order chi connectivity index (χ1) is 8.31. The van der Waals surface area contributed by atoms with Gasteiger partial charge in [0.15, 0.2) is 0 Å². The first-order valence-corrected chi connectivity index (χ1v) is 6.76. The van der Waals surface area contributed by atoms with E-state index in [0.717, 1.165) is 23.1 Å².